The minimum absolute atomic E-state index is 0.0279. The molecule has 3 aromatic rings. The second-order valence-electron chi connectivity index (χ2n) is 9.13. The third-order valence-corrected chi connectivity index (χ3v) is 8.58. The molecule has 35 heavy (non-hydrogen) atoms. The normalized spacial score (nSPS) is 19.1. The van der Waals surface area contributed by atoms with Gasteiger partial charge in [0, 0.05) is 37.3 Å². The molecule has 1 amide bonds. The second kappa shape index (κ2) is 9.87. The lowest BCUT2D eigenvalue weighted by Crippen LogP contribution is -2.43. The van der Waals surface area contributed by atoms with E-state index in [4.69, 9.17) is 0 Å². The van der Waals surface area contributed by atoms with Crippen molar-refractivity contribution in [2.45, 2.75) is 50.0 Å². The second-order valence-corrected chi connectivity index (χ2v) is 11.1. The number of nitrogens with zero attached hydrogens (tertiary/aromatic N) is 4. The van der Waals surface area contributed by atoms with Gasteiger partial charge < -0.3 is 9.88 Å². The van der Waals surface area contributed by atoms with Crippen LogP contribution in [0, 0.1) is 11.7 Å². The van der Waals surface area contributed by atoms with E-state index < -0.39 is 21.8 Å². The Labute approximate surface area is 204 Å². The first-order chi connectivity index (χ1) is 16.9. The highest BCUT2D eigenvalue weighted by Crippen LogP contribution is 2.27. The van der Waals surface area contributed by atoms with Crippen molar-refractivity contribution in [1.82, 2.24) is 19.1 Å². The van der Waals surface area contributed by atoms with Crippen LogP contribution in [0.5, 0.6) is 0 Å². The van der Waals surface area contributed by atoms with E-state index in [-0.39, 0.29) is 17.3 Å². The lowest BCUT2D eigenvalue weighted by atomic mass is 9.98. The maximum Gasteiger partial charge on any atom is 0.243 e. The Morgan fingerprint density at radius 3 is 2.66 bits per heavy atom. The summed E-state index contributed by atoms with van der Waals surface area (Å²) in [5, 5.41) is 11.7. The number of halogens is 1. The number of anilines is 1. The van der Waals surface area contributed by atoms with E-state index >= 15 is 0 Å². The van der Waals surface area contributed by atoms with Crippen LogP contribution in [-0.4, -0.2) is 46.5 Å². The van der Waals surface area contributed by atoms with Crippen LogP contribution in [0.15, 0.2) is 53.4 Å². The van der Waals surface area contributed by atoms with Crippen LogP contribution < -0.4 is 5.32 Å². The van der Waals surface area contributed by atoms with Crippen LogP contribution in [-0.2, 0) is 27.8 Å². The fourth-order valence-electron chi connectivity index (χ4n) is 4.81. The molecular weight excluding hydrogens is 469 g/mol. The Morgan fingerprint density at radius 2 is 1.83 bits per heavy atom. The first kappa shape index (κ1) is 23.6. The maximum atomic E-state index is 13.2. The predicted octanol–water partition coefficient (Wildman–Crippen LogP) is 3.85. The number of piperidine rings is 1. The van der Waals surface area contributed by atoms with Gasteiger partial charge in [0.15, 0.2) is 5.82 Å². The van der Waals surface area contributed by atoms with E-state index in [0.717, 1.165) is 55.2 Å². The lowest BCUT2D eigenvalue weighted by Gasteiger charge is -2.31. The number of rotatable bonds is 5. The van der Waals surface area contributed by atoms with E-state index in [1.807, 2.05) is 24.3 Å². The van der Waals surface area contributed by atoms with Gasteiger partial charge in [-0.1, -0.05) is 18.6 Å². The molecular formula is C25H28FN5O3S. The van der Waals surface area contributed by atoms with Crippen molar-refractivity contribution < 1.29 is 17.6 Å². The summed E-state index contributed by atoms with van der Waals surface area (Å²) in [5.41, 5.74) is 1.52. The van der Waals surface area contributed by atoms with E-state index in [0.29, 0.717) is 25.1 Å². The summed E-state index contributed by atoms with van der Waals surface area (Å²) in [5.74, 6) is 0.598. The molecule has 2 aromatic carbocycles. The average molecular weight is 498 g/mol. The summed E-state index contributed by atoms with van der Waals surface area (Å²) in [6.07, 6.45) is 5.47. The van der Waals surface area contributed by atoms with Gasteiger partial charge in [0.1, 0.15) is 11.6 Å². The van der Waals surface area contributed by atoms with Gasteiger partial charge in [-0.05, 0) is 62.1 Å². The van der Waals surface area contributed by atoms with E-state index in [1.165, 1.54) is 22.9 Å². The van der Waals surface area contributed by atoms with Gasteiger partial charge in [-0.15, -0.1) is 10.2 Å². The van der Waals surface area contributed by atoms with Crippen molar-refractivity contribution in [1.29, 1.82) is 0 Å². The number of fused-ring (bicyclic) bond motifs is 1. The molecule has 0 unspecified atom stereocenters. The molecule has 0 aliphatic carbocycles. The number of nitrogens with one attached hydrogen (secondary N) is 1. The smallest absolute Gasteiger partial charge is 0.243 e. The Morgan fingerprint density at radius 1 is 1.00 bits per heavy atom. The first-order valence-electron chi connectivity index (χ1n) is 12.0. The highest BCUT2D eigenvalue weighted by atomic mass is 32.2. The highest BCUT2D eigenvalue weighted by molar-refractivity contribution is 7.89. The minimum atomic E-state index is -3.80. The molecule has 0 spiro atoms. The monoisotopic (exact) mass is 497 g/mol. The van der Waals surface area contributed by atoms with E-state index in [1.54, 1.807) is 0 Å². The Bertz CT molecular complexity index is 1320. The summed E-state index contributed by atoms with van der Waals surface area (Å²) < 4.78 is 42.7. The summed E-state index contributed by atoms with van der Waals surface area (Å²) >= 11 is 0. The van der Waals surface area contributed by atoms with E-state index in [9.17, 15) is 17.6 Å². The summed E-state index contributed by atoms with van der Waals surface area (Å²) in [7, 11) is -3.80. The SMILES string of the molecule is O=C(Nc1cccc(-c2nnc3n2CCCCC3)c1)[C@H]1CCCN(S(=O)(=O)c2ccc(F)cc2)C1. The number of aryl methyl sites for hydroxylation is 1. The number of carbonyl (C=O) groups excluding carboxylic acids is 1. The van der Waals surface area contributed by atoms with Crippen LogP contribution in [0.1, 0.15) is 37.9 Å². The van der Waals surface area contributed by atoms with Gasteiger partial charge in [-0.3, -0.25) is 4.79 Å². The van der Waals surface area contributed by atoms with Crippen LogP contribution in [0.4, 0.5) is 10.1 Å². The van der Waals surface area contributed by atoms with Crippen LogP contribution in [0.2, 0.25) is 0 Å². The molecule has 184 valence electrons. The molecule has 0 bridgehead atoms. The van der Waals surface area contributed by atoms with Crippen molar-refractivity contribution >= 4 is 21.6 Å². The molecule has 1 fully saturated rings. The fraction of sp³-hybridized carbons (Fsp3) is 0.400. The predicted molar refractivity (Wildman–Crippen MR) is 130 cm³/mol. The van der Waals surface area contributed by atoms with Crippen molar-refractivity contribution in [3.8, 4) is 11.4 Å². The number of benzene rings is 2. The zero-order valence-corrected chi connectivity index (χ0v) is 20.2. The Kier molecular flexibility index (Phi) is 6.66. The summed E-state index contributed by atoms with van der Waals surface area (Å²) in [6.45, 7) is 1.30. The van der Waals surface area contributed by atoms with Crippen LogP contribution >= 0.6 is 0 Å². The molecule has 10 heteroatoms. The maximum absolute atomic E-state index is 13.2. The average Bonchev–Trinajstić information content (AvgIpc) is 3.12. The number of aromatic nitrogens is 3. The first-order valence-corrected chi connectivity index (χ1v) is 13.4. The molecule has 1 atom stereocenters. The van der Waals surface area contributed by atoms with Crippen molar-refractivity contribution in [2.75, 3.05) is 18.4 Å². The van der Waals surface area contributed by atoms with Gasteiger partial charge in [0.05, 0.1) is 10.8 Å². The molecule has 5 rings (SSSR count). The van der Waals surface area contributed by atoms with E-state index in [2.05, 4.69) is 20.1 Å². The molecule has 0 radical (unpaired) electrons. The zero-order chi connectivity index (χ0) is 24.4. The molecule has 3 heterocycles. The third kappa shape index (κ3) is 4.99. The Hall–Kier alpha value is -3.11. The molecule has 1 N–H and O–H groups in total. The number of hydrogen-bond donors (Lipinski definition) is 1. The summed E-state index contributed by atoms with van der Waals surface area (Å²) in [4.78, 5) is 13.1. The van der Waals surface area contributed by atoms with Gasteiger partial charge >= 0.3 is 0 Å². The molecule has 1 aromatic heterocycles. The van der Waals surface area contributed by atoms with Gasteiger partial charge in [0.25, 0.3) is 0 Å². The van der Waals surface area contributed by atoms with Gasteiger partial charge in [0.2, 0.25) is 15.9 Å². The standard InChI is InChI=1S/C25H28FN5O3S/c26-20-10-12-22(13-11-20)35(33,34)30-14-5-7-19(17-30)25(32)27-21-8-4-6-18(16-21)24-29-28-23-9-2-1-3-15-31(23)24/h4,6,8,10-13,16,19H,1-3,5,7,9,14-15,17H2,(H,27,32)/t19-/m0/s1. The summed E-state index contributed by atoms with van der Waals surface area (Å²) in [6, 6.07) is 12.3. The molecule has 1 saturated heterocycles. The number of amides is 1. The third-order valence-electron chi connectivity index (χ3n) is 6.70. The molecule has 2 aliphatic heterocycles. The topological polar surface area (TPSA) is 97.2 Å². The van der Waals surface area contributed by atoms with Crippen LogP contribution in [0.25, 0.3) is 11.4 Å². The minimum Gasteiger partial charge on any atom is -0.326 e. The van der Waals surface area contributed by atoms with Gasteiger partial charge in [-0.2, -0.15) is 4.31 Å². The number of carbonyl (C=O) groups is 1. The number of sulfonamides is 1. The molecule has 2 aliphatic rings. The zero-order valence-electron chi connectivity index (χ0n) is 19.4. The van der Waals surface area contributed by atoms with Crippen LogP contribution in [0.3, 0.4) is 0 Å². The quantitative estimate of drug-likeness (QED) is 0.578. The van der Waals surface area contributed by atoms with Crippen molar-refractivity contribution in [2.24, 2.45) is 5.92 Å². The highest BCUT2D eigenvalue weighted by Gasteiger charge is 2.33. The lowest BCUT2D eigenvalue weighted by molar-refractivity contribution is -0.120. The molecule has 0 saturated carbocycles. The van der Waals surface area contributed by atoms with Crippen molar-refractivity contribution in [3.63, 3.8) is 0 Å². The fourth-order valence-corrected chi connectivity index (χ4v) is 6.33. The number of hydrogen-bond acceptors (Lipinski definition) is 5. The Balaban J connectivity index is 1.30. The van der Waals surface area contributed by atoms with Crippen molar-refractivity contribution in [3.05, 3.63) is 60.2 Å². The largest absolute Gasteiger partial charge is 0.326 e. The van der Waals surface area contributed by atoms with Gasteiger partial charge in [-0.25, -0.2) is 12.8 Å². The molecule has 8 nitrogen and oxygen atoms in total.